The van der Waals surface area contributed by atoms with E-state index in [4.69, 9.17) is 11.6 Å². The Bertz CT molecular complexity index is 1090. The molecule has 0 unspecified atom stereocenters. The molecular weight excluding hydrogens is 382 g/mol. The molecule has 1 aliphatic heterocycles. The van der Waals surface area contributed by atoms with E-state index >= 15 is 0 Å². The second kappa shape index (κ2) is 6.98. The van der Waals surface area contributed by atoms with E-state index in [0.717, 1.165) is 11.3 Å². The lowest BCUT2D eigenvalue weighted by atomic mass is 10.1. The molecule has 0 aliphatic carbocycles. The van der Waals surface area contributed by atoms with Gasteiger partial charge in [0.2, 0.25) is 5.91 Å². The Morgan fingerprint density at radius 2 is 2.04 bits per heavy atom. The van der Waals surface area contributed by atoms with E-state index in [2.05, 4.69) is 10.3 Å². The Labute approximate surface area is 164 Å². The number of hydrogen-bond acceptors (Lipinski definition) is 4. The fourth-order valence-electron chi connectivity index (χ4n) is 2.92. The highest BCUT2D eigenvalue weighted by atomic mass is 35.5. The van der Waals surface area contributed by atoms with Gasteiger partial charge in [-0.3, -0.25) is 14.5 Å². The molecule has 7 heteroatoms. The van der Waals surface area contributed by atoms with Gasteiger partial charge >= 0.3 is 0 Å². The van der Waals surface area contributed by atoms with Crippen LogP contribution in [0.3, 0.4) is 0 Å². The summed E-state index contributed by atoms with van der Waals surface area (Å²) in [7, 11) is 0. The van der Waals surface area contributed by atoms with Crippen molar-refractivity contribution < 1.29 is 9.59 Å². The second-order valence-corrected chi connectivity index (χ2v) is 7.22. The standard InChI is InChI=1S/C20H14ClN3O2S/c1-12(25)24(15-6-4-5-13(21)9-15)20-22-14(11-27-20)10-17-16-7-2-3-8-18(16)23-19(17)26/h2-11H,1H3,(H,23,26). The number of nitrogens with zero attached hydrogens (tertiary/aromatic N) is 2. The summed E-state index contributed by atoms with van der Waals surface area (Å²) in [6, 6.07) is 14.5. The minimum absolute atomic E-state index is 0.163. The lowest BCUT2D eigenvalue weighted by molar-refractivity contribution is -0.116. The molecule has 4 rings (SSSR count). The molecule has 134 valence electrons. The first-order chi connectivity index (χ1) is 13.0. The quantitative estimate of drug-likeness (QED) is 0.636. The predicted octanol–water partition coefficient (Wildman–Crippen LogP) is 4.97. The fraction of sp³-hybridized carbons (Fsp3) is 0.0500. The van der Waals surface area contributed by atoms with Gasteiger partial charge in [0.1, 0.15) is 0 Å². The average Bonchev–Trinajstić information content (AvgIpc) is 3.20. The molecule has 2 amide bonds. The monoisotopic (exact) mass is 395 g/mol. The van der Waals surface area contributed by atoms with Crippen molar-refractivity contribution in [2.24, 2.45) is 0 Å². The van der Waals surface area contributed by atoms with E-state index in [0.29, 0.717) is 27.1 Å². The first-order valence-electron chi connectivity index (χ1n) is 8.17. The first kappa shape index (κ1) is 17.5. The van der Waals surface area contributed by atoms with Gasteiger partial charge in [-0.15, -0.1) is 11.3 Å². The van der Waals surface area contributed by atoms with Crippen molar-refractivity contribution in [3.63, 3.8) is 0 Å². The third kappa shape index (κ3) is 3.37. The van der Waals surface area contributed by atoms with E-state index in [1.54, 1.807) is 30.3 Å². The van der Waals surface area contributed by atoms with Crippen LogP contribution in [0.4, 0.5) is 16.5 Å². The molecular formula is C20H14ClN3O2S. The Hall–Kier alpha value is -2.96. The van der Waals surface area contributed by atoms with E-state index in [-0.39, 0.29) is 11.8 Å². The number of fused-ring (bicyclic) bond motifs is 1. The zero-order valence-corrected chi connectivity index (χ0v) is 15.8. The minimum Gasteiger partial charge on any atom is -0.321 e. The number of para-hydroxylation sites is 1. The van der Waals surface area contributed by atoms with Crippen LogP contribution in [0, 0.1) is 0 Å². The number of benzene rings is 2. The van der Waals surface area contributed by atoms with Gasteiger partial charge in [0.05, 0.1) is 17.0 Å². The molecule has 27 heavy (non-hydrogen) atoms. The van der Waals surface area contributed by atoms with E-state index in [1.165, 1.54) is 23.2 Å². The third-order valence-corrected chi connectivity index (χ3v) is 5.16. The van der Waals surface area contributed by atoms with Crippen LogP contribution in [0.5, 0.6) is 0 Å². The molecule has 2 heterocycles. The lowest BCUT2D eigenvalue weighted by Crippen LogP contribution is -2.22. The maximum atomic E-state index is 12.3. The van der Waals surface area contributed by atoms with E-state index < -0.39 is 0 Å². The SMILES string of the molecule is CC(=O)N(c1cccc(Cl)c1)c1nc(C=C2C(=O)Nc3ccccc32)cs1. The van der Waals surface area contributed by atoms with Crippen molar-refractivity contribution in [1.29, 1.82) is 0 Å². The number of carbonyl (C=O) groups excluding carboxylic acids is 2. The van der Waals surface area contributed by atoms with Crippen molar-refractivity contribution in [1.82, 2.24) is 4.98 Å². The fourth-order valence-corrected chi connectivity index (χ4v) is 3.95. The van der Waals surface area contributed by atoms with Gasteiger partial charge in [0.15, 0.2) is 5.13 Å². The summed E-state index contributed by atoms with van der Waals surface area (Å²) in [4.78, 5) is 30.5. The summed E-state index contributed by atoms with van der Waals surface area (Å²) in [5.74, 6) is -0.334. The number of aromatic nitrogens is 1. The normalized spacial score (nSPS) is 14.1. The lowest BCUT2D eigenvalue weighted by Gasteiger charge is -2.18. The van der Waals surface area contributed by atoms with Gasteiger partial charge in [-0.2, -0.15) is 0 Å². The molecule has 0 atom stereocenters. The molecule has 0 bridgehead atoms. The van der Waals surface area contributed by atoms with Crippen LogP contribution in [0.15, 0.2) is 53.9 Å². The molecule has 3 aromatic rings. The Morgan fingerprint density at radius 1 is 1.22 bits per heavy atom. The largest absolute Gasteiger partial charge is 0.321 e. The van der Waals surface area contributed by atoms with Crippen LogP contribution in [0.25, 0.3) is 11.6 Å². The van der Waals surface area contributed by atoms with Crippen molar-refractivity contribution in [2.75, 3.05) is 10.2 Å². The minimum atomic E-state index is -0.172. The van der Waals surface area contributed by atoms with Crippen LogP contribution in [0.2, 0.25) is 5.02 Å². The van der Waals surface area contributed by atoms with Gasteiger partial charge in [0, 0.05) is 28.6 Å². The first-order valence-corrected chi connectivity index (χ1v) is 9.43. The van der Waals surface area contributed by atoms with Crippen LogP contribution >= 0.6 is 22.9 Å². The maximum Gasteiger partial charge on any atom is 0.256 e. The van der Waals surface area contributed by atoms with Crippen LogP contribution in [-0.2, 0) is 9.59 Å². The molecule has 1 aromatic heterocycles. The number of amides is 2. The van der Waals surface area contributed by atoms with Crippen LogP contribution < -0.4 is 10.2 Å². The highest BCUT2D eigenvalue weighted by Crippen LogP contribution is 2.35. The highest BCUT2D eigenvalue weighted by molar-refractivity contribution is 7.14. The van der Waals surface area contributed by atoms with Crippen molar-refractivity contribution >= 4 is 62.9 Å². The van der Waals surface area contributed by atoms with Crippen LogP contribution in [0.1, 0.15) is 18.2 Å². The third-order valence-electron chi connectivity index (χ3n) is 4.08. The number of rotatable bonds is 3. The van der Waals surface area contributed by atoms with Gasteiger partial charge in [-0.25, -0.2) is 4.98 Å². The molecule has 1 aliphatic rings. The Morgan fingerprint density at radius 3 is 2.81 bits per heavy atom. The molecule has 0 spiro atoms. The maximum absolute atomic E-state index is 12.3. The Kier molecular flexibility index (Phi) is 4.51. The molecule has 0 radical (unpaired) electrons. The molecule has 5 nitrogen and oxygen atoms in total. The highest BCUT2D eigenvalue weighted by Gasteiger charge is 2.24. The number of halogens is 1. The summed E-state index contributed by atoms with van der Waals surface area (Å²) >= 11 is 7.38. The summed E-state index contributed by atoms with van der Waals surface area (Å²) < 4.78 is 0. The molecule has 0 saturated heterocycles. The summed E-state index contributed by atoms with van der Waals surface area (Å²) in [5.41, 5.74) is 3.45. The van der Waals surface area contributed by atoms with Gasteiger partial charge in [-0.1, -0.05) is 35.9 Å². The number of anilines is 3. The van der Waals surface area contributed by atoms with Crippen molar-refractivity contribution in [3.8, 4) is 0 Å². The summed E-state index contributed by atoms with van der Waals surface area (Å²) in [5, 5.41) is 5.71. The predicted molar refractivity (Wildman–Crippen MR) is 109 cm³/mol. The smallest absolute Gasteiger partial charge is 0.256 e. The van der Waals surface area contributed by atoms with Gasteiger partial charge in [0.25, 0.3) is 5.91 Å². The van der Waals surface area contributed by atoms with Crippen LogP contribution in [-0.4, -0.2) is 16.8 Å². The van der Waals surface area contributed by atoms with Gasteiger partial charge < -0.3 is 5.32 Å². The molecule has 0 fully saturated rings. The summed E-state index contributed by atoms with van der Waals surface area (Å²) in [6.45, 7) is 1.47. The molecule has 2 aromatic carbocycles. The van der Waals surface area contributed by atoms with E-state index in [1.807, 2.05) is 29.6 Å². The summed E-state index contributed by atoms with van der Waals surface area (Å²) in [6.07, 6.45) is 1.73. The number of hydrogen-bond donors (Lipinski definition) is 1. The molecule has 1 N–H and O–H groups in total. The van der Waals surface area contributed by atoms with Crippen molar-refractivity contribution in [3.05, 3.63) is 70.2 Å². The molecule has 0 saturated carbocycles. The topological polar surface area (TPSA) is 62.3 Å². The number of carbonyl (C=O) groups is 2. The van der Waals surface area contributed by atoms with Crippen molar-refractivity contribution in [2.45, 2.75) is 6.92 Å². The zero-order valence-electron chi connectivity index (χ0n) is 14.3. The Balaban J connectivity index is 1.71. The van der Waals surface area contributed by atoms with Gasteiger partial charge in [-0.05, 0) is 30.3 Å². The zero-order chi connectivity index (χ0) is 19.0. The average molecular weight is 396 g/mol. The number of nitrogens with one attached hydrogen (secondary N) is 1. The van der Waals surface area contributed by atoms with E-state index in [9.17, 15) is 9.59 Å². The second-order valence-electron chi connectivity index (χ2n) is 5.95. The number of thiazole rings is 1.